The van der Waals surface area contributed by atoms with Crippen LogP contribution in [-0.2, 0) is 9.59 Å². The van der Waals surface area contributed by atoms with Crippen molar-refractivity contribution in [3.8, 4) is 0 Å². The smallest absolute Gasteiger partial charge is 0.321 e. The molecule has 1 fully saturated rings. The maximum Gasteiger partial charge on any atom is 0.321 e. The lowest BCUT2D eigenvalue weighted by Gasteiger charge is -2.34. The second kappa shape index (κ2) is 6.91. The molecule has 0 heterocycles. The zero-order valence-electron chi connectivity index (χ0n) is 13.2. The van der Waals surface area contributed by atoms with Crippen molar-refractivity contribution in [2.24, 2.45) is 17.3 Å². The fourth-order valence-electron chi connectivity index (χ4n) is 2.64. The highest BCUT2D eigenvalue weighted by atomic mass is 16.4. The lowest BCUT2D eigenvalue weighted by molar-refractivity contribution is -0.149. The van der Waals surface area contributed by atoms with Gasteiger partial charge in [0.15, 0.2) is 0 Å². The summed E-state index contributed by atoms with van der Waals surface area (Å²) in [5.41, 5.74) is -1.18. The zero-order chi connectivity index (χ0) is 16.2. The maximum atomic E-state index is 11.8. The molecule has 0 saturated heterocycles. The Kier molecular flexibility index (Phi) is 5.75. The molecule has 0 radical (unpaired) electrons. The van der Waals surface area contributed by atoms with Crippen LogP contribution in [0.3, 0.4) is 0 Å². The number of rotatable bonds is 4. The van der Waals surface area contributed by atoms with E-state index in [1.165, 1.54) is 13.8 Å². The monoisotopic (exact) mass is 298 g/mol. The van der Waals surface area contributed by atoms with E-state index in [4.69, 9.17) is 5.11 Å². The van der Waals surface area contributed by atoms with Crippen LogP contribution in [0.5, 0.6) is 0 Å². The summed E-state index contributed by atoms with van der Waals surface area (Å²) in [5.74, 6) is -0.718. The van der Waals surface area contributed by atoms with Crippen LogP contribution in [0.1, 0.15) is 53.4 Å². The molecule has 21 heavy (non-hydrogen) atoms. The molecule has 0 spiro atoms. The van der Waals surface area contributed by atoms with E-state index in [0.717, 1.165) is 19.3 Å². The molecule has 3 atom stereocenters. The predicted octanol–water partition coefficient (Wildman–Crippen LogP) is 2.14. The van der Waals surface area contributed by atoms with Gasteiger partial charge in [-0.05, 0) is 32.1 Å². The average molecular weight is 298 g/mol. The van der Waals surface area contributed by atoms with E-state index in [0.29, 0.717) is 11.8 Å². The predicted molar refractivity (Wildman–Crippen MR) is 78.7 cm³/mol. The van der Waals surface area contributed by atoms with Gasteiger partial charge in [0.2, 0.25) is 5.91 Å². The number of carboxylic acid groups (broad SMARTS) is 1. The standard InChI is InChI=1S/C15H26N2O4/c1-9-6-5-7-11(10(9)2)16-14(21)17-12(18)8-15(3,4)13(19)20/h9-11H,5-8H2,1-4H3,(H,19,20)(H2,16,17,18,21). The van der Waals surface area contributed by atoms with Crippen molar-refractivity contribution >= 4 is 17.9 Å². The van der Waals surface area contributed by atoms with Gasteiger partial charge in [-0.15, -0.1) is 0 Å². The van der Waals surface area contributed by atoms with Gasteiger partial charge in [0.05, 0.1) is 5.41 Å². The quantitative estimate of drug-likeness (QED) is 0.741. The third-order valence-corrected chi connectivity index (χ3v) is 4.46. The Hall–Kier alpha value is -1.59. The van der Waals surface area contributed by atoms with Crippen molar-refractivity contribution in [3.05, 3.63) is 0 Å². The third-order valence-electron chi connectivity index (χ3n) is 4.46. The molecule has 3 unspecified atom stereocenters. The number of aliphatic carboxylic acids is 1. The van der Waals surface area contributed by atoms with Gasteiger partial charge in [-0.1, -0.05) is 26.7 Å². The number of carboxylic acids is 1. The summed E-state index contributed by atoms with van der Waals surface area (Å²) in [6.07, 6.45) is 2.91. The van der Waals surface area contributed by atoms with Gasteiger partial charge in [0.25, 0.3) is 0 Å². The summed E-state index contributed by atoms with van der Waals surface area (Å²) in [7, 11) is 0. The lowest BCUT2D eigenvalue weighted by Crippen LogP contribution is -2.49. The average Bonchev–Trinajstić information content (AvgIpc) is 2.33. The first kappa shape index (κ1) is 17.5. The highest BCUT2D eigenvalue weighted by Crippen LogP contribution is 2.29. The molecule has 1 rings (SSSR count). The number of imide groups is 1. The molecule has 1 aliphatic carbocycles. The van der Waals surface area contributed by atoms with Crippen molar-refractivity contribution in [3.63, 3.8) is 0 Å². The normalized spacial score (nSPS) is 26.0. The minimum Gasteiger partial charge on any atom is -0.481 e. The van der Waals surface area contributed by atoms with Gasteiger partial charge in [-0.25, -0.2) is 4.79 Å². The minimum atomic E-state index is -1.18. The fraction of sp³-hybridized carbons (Fsp3) is 0.800. The number of carbonyl (C=O) groups excluding carboxylic acids is 2. The molecular formula is C15H26N2O4. The Morgan fingerprint density at radius 2 is 1.81 bits per heavy atom. The number of hydrogen-bond acceptors (Lipinski definition) is 3. The Bertz CT molecular complexity index is 420. The van der Waals surface area contributed by atoms with Crippen LogP contribution >= 0.6 is 0 Å². The first-order chi connectivity index (χ1) is 9.63. The van der Waals surface area contributed by atoms with Crippen molar-refractivity contribution in [1.82, 2.24) is 10.6 Å². The number of carbonyl (C=O) groups is 3. The van der Waals surface area contributed by atoms with Gasteiger partial charge in [0.1, 0.15) is 0 Å². The molecule has 6 nitrogen and oxygen atoms in total. The second-order valence-electron chi connectivity index (χ2n) is 6.76. The van der Waals surface area contributed by atoms with Crippen molar-refractivity contribution in [2.75, 3.05) is 0 Å². The molecule has 120 valence electrons. The van der Waals surface area contributed by atoms with Crippen LogP contribution in [0.2, 0.25) is 0 Å². The van der Waals surface area contributed by atoms with E-state index < -0.39 is 23.3 Å². The molecule has 0 aromatic heterocycles. The largest absolute Gasteiger partial charge is 0.481 e. The Balaban J connectivity index is 2.46. The molecule has 1 aliphatic rings. The SMILES string of the molecule is CC1CCCC(NC(=O)NC(=O)CC(C)(C)C(=O)O)C1C. The van der Waals surface area contributed by atoms with Crippen molar-refractivity contribution in [2.45, 2.75) is 59.4 Å². The van der Waals surface area contributed by atoms with Crippen molar-refractivity contribution in [1.29, 1.82) is 0 Å². The molecule has 0 aromatic carbocycles. The topological polar surface area (TPSA) is 95.5 Å². The van der Waals surface area contributed by atoms with Crippen LogP contribution in [0.4, 0.5) is 4.79 Å². The Labute approximate surface area is 125 Å². The highest BCUT2D eigenvalue weighted by Gasteiger charge is 2.32. The van der Waals surface area contributed by atoms with Crippen LogP contribution in [0.25, 0.3) is 0 Å². The van der Waals surface area contributed by atoms with E-state index in [1.807, 2.05) is 0 Å². The van der Waals surface area contributed by atoms with E-state index in [1.54, 1.807) is 0 Å². The molecule has 1 saturated carbocycles. The highest BCUT2D eigenvalue weighted by molar-refractivity contribution is 5.96. The van der Waals surface area contributed by atoms with Crippen LogP contribution in [0.15, 0.2) is 0 Å². The summed E-state index contributed by atoms with van der Waals surface area (Å²) in [6, 6.07) is -0.471. The molecule has 6 heteroatoms. The summed E-state index contributed by atoms with van der Waals surface area (Å²) >= 11 is 0. The van der Waals surface area contributed by atoms with E-state index in [9.17, 15) is 14.4 Å². The second-order valence-corrected chi connectivity index (χ2v) is 6.76. The van der Waals surface area contributed by atoms with Gasteiger partial charge < -0.3 is 10.4 Å². The maximum absolute atomic E-state index is 11.8. The zero-order valence-corrected chi connectivity index (χ0v) is 13.2. The fourth-order valence-corrected chi connectivity index (χ4v) is 2.64. The number of amides is 3. The summed E-state index contributed by atoms with van der Waals surface area (Å²) in [4.78, 5) is 34.5. The van der Waals surface area contributed by atoms with Crippen LogP contribution in [-0.4, -0.2) is 29.1 Å². The lowest BCUT2D eigenvalue weighted by atomic mass is 9.78. The van der Waals surface area contributed by atoms with Crippen molar-refractivity contribution < 1.29 is 19.5 Å². The van der Waals surface area contributed by atoms with Gasteiger partial charge >= 0.3 is 12.0 Å². The van der Waals surface area contributed by atoms with Crippen LogP contribution < -0.4 is 10.6 Å². The molecular weight excluding hydrogens is 272 g/mol. The molecule has 3 N–H and O–H groups in total. The van der Waals surface area contributed by atoms with Gasteiger partial charge in [0, 0.05) is 12.5 Å². The summed E-state index contributed by atoms with van der Waals surface area (Å²) in [6.45, 7) is 7.18. The minimum absolute atomic E-state index is 0.0639. The molecule has 3 amide bonds. The number of urea groups is 1. The molecule has 0 bridgehead atoms. The molecule has 0 aromatic rings. The van der Waals surface area contributed by atoms with Gasteiger partial charge in [-0.3, -0.25) is 14.9 Å². The molecule has 0 aliphatic heterocycles. The van der Waals surface area contributed by atoms with Crippen LogP contribution in [0, 0.1) is 17.3 Å². The number of nitrogens with one attached hydrogen (secondary N) is 2. The van der Waals surface area contributed by atoms with E-state index in [2.05, 4.69) is 24.5 Å². The number of hydrogen-bond donors (Lipinski definition) is 3. The van der Waals surface area contributed by atoms with E-state index in [-0.39, 0.29) is 12.5 Å². The Morgan fingerprint density at radius 3 is 2.38 bits per heavy atom. The summed E-state index contributed by atoms with van der Waals surface area (Å²) in [5, 5.41) is 14.0. The third kappa shape index (κ3) is 5.02. The van der Waals surface area contributed by atoms with Gasteiger partial charge in [-0.2, -0.15) is 0 Å². The Morgan fingerprint density at radius 1 is 1.19 bits per heavy atom. The first-order valence-electron chi connectivity index (χ1n) is 7.47. The summed E-state index contributed by atoms with van der Waals surface area (Å²) < 4.78 is 0. The first-order valence-corrected chi connectivity index (χ1v) is 7.47. The van der Waals surface area contributed by atoms with E-state index >= 15 is 0 Å².